The van der Waals surface area contributed by atoms with E-state index >= 15 is 0 Å². The van der Waals surface area contributed by atoms with Gasteiger partial charge in [0.2, 0.25) is 0 Å². The molecule has 0 amide bonds. The zero-order chi connectivity index (χ0) is 15.0. The van der Waals surface area contributed by atoms with Crippen molar-refractivity contribution >= 4 is 29.4 Å². The number of nitrogens with zero attached hydrogens (tertiary/aromatic N) is 2. The van der Waals surface area contributed by atoms with E-state index in [1.54, 1.807) is 7.11 Å². The van der Waals surface area contributed by atoms with E-state index in [0.29, 0.717) is 34.0 Å². The van der Waals surface area contributed by atoms with Gasteiger partial charge < -0.3 is 4.84 Å². The maximum atomic E-state index is 6.20. The number of hydrogen-bond acceptors (Lipinski definition) is 3. The fraction of sp³-hybridized carbons (Fsp3) is 0.562. The molecule has 1 aromatic carbocycles. The number of rotatable bonds is 3. The molecule has 3 nitrogen and oxygen atoms in total. The second kappa shape index (κ2) is 6.15. The van der Waals surface area contributed by atoms with Crippen LogP contribution < -0.4 is 0 Å². The molecule has 2 aliphatic rings. The van der Waals surface area contributed by atoms with Crippen molar-refractivity contribution in [3.8, 4) is 0 Å². The van der Waals surface area contributed by atoms with Crippen LogP contribution in [0.3, 0.4) is 0 Å². The maximum Gasteiger partial charge on any atom is 0.106 e. The minimum Gasteiger partial charge on any atom is -0.399 e. The van der Waals surface area contributed by atoms with Gasteiger partial charge in [-0.15, -0.1) is 0 Å². The van der Waals surface area contributed by atoms with Crippen LogP contribution in [0, 0.1) is 5.92 Å². The maximum absolute atomic E-state index is 6.20. The van der Waals surface area contributed by atoms with Gasteiger partial charge in [0, 0.05) is 24.2 Å². The van der Waals surface area contributed by atoms with E-state index in [1.807, 2.05) is 18.3 Å². The summed E-state index contributed by atoms with van der Waals surface area (Å²) in [5, 5.41) is 5.29. The molecule has 2 aliphatic heterocycles. The summed E-state index contributed by atoms with van der Waals surface area (Å²) < 4.78 is 0. The molecule has 2 unspecified atom stereocenters. The van der Waals surface area contributed by atoms with E-state index < -0.39 is 0 Å². The molecule has 114 valence electrons. The van der Waals surface area contributed by atoms with Crippen LogP contribution in [-0.4, -0.2) is 37.4 Å². The van der Waals surface area contributed by atoms with Crippen LogP contribution in [0.15, 0.2) is 23.4 Å². The first-order chi connectivity index (χ1) is 10.1. The van der Waals surface area contributed by atoms with Crippen LogP contribution >= 0.6 is 23.2 Å². The fourth-order valence-corrected chi connectivity index (χ4v) is 4.25. The normalized spacial score (nSPS) is 32.8. The molecule has 1 aromatic rings. The lowest BCUT2D eigenvalue weighted by Gasteiger charge is -2.41. The van der Waals surface area contributed by atoms with Crippen molar-refractivity contribution in [3.63, 3.8) is 0 Å². The summed E-state index contributed by atoms with van der Waals surface area (Å²) in [6, 6.07) is 7.18. The van der Waals surface area contributed by atoms with Crippen LogP contribution in [0.2, 0.25) is 10.0 Å². The molecule has 0 spiro atoms. The number of piperidine rings is 1. The molecule has 21 heavy (non-hydrogen) atoms. The lowest BCUT2D eigenvalue weighted by molar-refractivity contribution is 0.131. The van der Waals surface area contributed by atoms with Crippen LogP contribution in [0.25, 0.3) is 0 Å². The molecule has 3 rings (SSSR count). The molecule has 5 heteroatoms. The van der Waals surface area contributed by atoms with Crippen molar-refractivity contribution in [2.24, 2.45) is 11.1 Å². The Bertz CT molecular complexity index is 549. The van der Waals surface area contributed by atoms with E-state index in [0.717, 1.165) is 6.42 Å². The fourth-order valence-electron chi connectivity index (χ4n) is 3.94. The molecule has 4 atom stereocenters. The van der Waals surface area contributed by atoms with Crippen molar-refractivity contribution in [1.29, 1.82) is 0 Å². The summed E-state index contributed by atoms with van der Waals surface area (Å²) >= 11 is 12.2. The quantitative estimate of drug-likeness (QED) is 0.614. The van der Waals surface area contributed by atoms with E-state index in [1.165, 1.54) is 18.4 Å². The first kappa shape index (κ1) is 15.1. The number of benzene rings is 1. The standard InChI is InChI=1S/C16H20Cl2N2O/c1-20-11-4-6-16(20)13(9-19-21-2)12(8-11)10-3-5-14(17)15(18)7-10/h3,5,7,9,11-13,16H,4,6,8H2,1-2H3/t11?,12-,13-,16?/m1/s1. The van der Waals surface area contributed by atoms with Gasteiger partial charge in [0.15, 0.2) is 0 Å². The van der Waals surface area contributed by atoms with Gasteiger partial charge in [-0.3, -0.25) is 4.90 Å². The van der Waals surface area contributed by atoms with Gasteiger partial charge in [-0.05, 0) is 49.9 Å². The smallest absolute Gasteiger partial charge is 0.106 e. The van der Waals surface area contributed by atoms with Crippen LogP contribution in [0.1, 0.15) is 30.7 Å². The lowest BCUT2D eigenvalue weighted by Crippen LogP contribution is -2.46. The monoisotopic (exact) mass is 326 g/mol. The summed E-state index contributed by atoms with van der Waals surface area (Å²) in [6.45, 7) is 0. The van der Waals surface area contributed by atoms with Gasteiger partial charge in [0.05, 0.1) is 10.0 Å². The predicted molar refractivity (Wildman–Crippen MR) is 87.4 cm³/mol. The Labute approximate surface area is 135 Å². The Hall–Kier alpha value is -0.770. The molecule has 0 saturated carbocycles. The summed E-state index contributed by atoms with van der Waals surface area (Å²) in [5.74, 6) is 0.776. The minimum atomic E-state index is 0.353. The molecule has 2 bridgehead atoms. The van der Waals surface area contributed by atoms with Crippen molar-refractivity contribution in [2.75, 3.05) is 14.2 Å². The number of halogens is 2. The zero-order valence-corrected chi connectivity index (χ0v) is 13.8. The Kier molecular flexibility index (Phi) is 4.43. The molecule has 2 heterocycles. The van der Waals surface area contributed by atoms with Gasteiger partial charge in [0.25, 0.3) is 0 Å². The highest BCUT2D eigenvalue weighted by molar-refractivity contribution is 6.42. The highest BCUT2D eigenvalue weighted by atomic mass is 35.5. The number of fused-ring (bicyclic) bond motifs is 2. The third-order valence-corrected chi connectivity index (χ3v) is 5.78. The van der Waals surface area contributed by atoms with Gasteiger partial charge in [-0.1, -0.05) is 34.4 Å². The Morgan fingerprint density at radius 2 is 2.10 bits per heavy atom. The first-order valence-electron chi connectivity index (χ1n) is 7.35. The molecule has 0 aliphatic carbocycles. The molecule has 0 radical (unpaired) electrons. The second-order valence-corrected chi connectivity index (χ2v) is 6.81. The predicted octanol–water partition coefficient (Wildman–Crippen LogP) is 4.19. The van der Waals surface area contributed by atoms with Gasteiger partial charge in [-0.25, -0.2) is 0 Å². The summed E-state index contributed by atoms with van der Waals surface area (Å²) in [4.78, 5) is 7.42. The SMILES string of the molecule is CON=C[C@H]1C2CCC(C[C@@H]1c1ccc(Cl)c(Cl)c1)N2C. The highest BCUT2D eigenvalue weighted by Gasteiger charge is 2.45. The van der Waals surface area contributed by atoms with Crippen LogP contribution in [0.4, 0.5) is 0 Å². The topological polar surface area (TPSA) is 24.8 Å². The summed E-state index contributed by atoms with van der Waals surface area (Å²) in [5.41, 5.74) is 1.25. The second-order valence-electron chi connectivity index (χ2n) is 5.99. The van der Waals surface area contributed by atoms with Gasteiger partial charge in [0.1, 0.15) is 7.11 Å². The summed E-state index contributed by atoms with van der Waals surface area (Å²) in [7, 11) is 3.82. The molecule has 2 fully saturated rings. The average molecular weight is 327 g/mol. The van der Waals surface area contributed by atoms with Crippen molar-refractivity contribution in [2.45, 2.75) is 37.3 Å². The number of oxime groups is 1. The van der Waals surface area contributed by atoms with E-state index in [-0.39, 0.29) is 0 Å². The van der Waals surface area contributed by atoms with Crippen LogP contribution in [-0.2, 0) is 4.84 Å². The average Bonchev–Trinajstić information content (AvgIpc) is 2.72. The lowest BCUT2D eigenvalue weighted by atomic mass is 9.77. The van der Waals surface area contributed by atoms with Crippen molar-refractivity contribution < 1.29 is 4.84 Å². The Balaban J connectivity index is 1.94. The van der Waals surface area contributed by atoms with Gasteiger partial charge >= 0.3 is 0 Å². The highest BCUT2D eigenvalue weighted by Crippen LogP contribution is 2.46. The van der Waals surface area contributed by atoms with E-state index in [2.05, 4.69) is 23.2 Å². The third kappa shape index (κ3) is 2.79. The first-order valence-corrected chi connectivity index (χ1v) is 8.11. The molecular weight excluding hydrogens is 307 g/mol. The molecule has 0 aromatic heterocycles. The van der Waals surface area contributed by atoms with E-state index in [9.17, 15) is 0 Å². The third-order valence-electron chi connectivity index (χ3n) is 5.04. The molecule has 2 saturated heterocycles. The zero-order valence-electron chi connectivity index (χ0n) is 12.3. The largest absolute Gasteiger partial charge is 0.399 e. The summed E-state index contributed by atoms with van der Waals surface area (Å²) in [6.07, 6.45) is 5.58. The Morgan fingerprint density at radius 1 is 1.29 bits per heavy atom. The molecule has 0 N–H and O–H groups in total. The Morgan fingerprint density at radius 3 is 2.81 bits per heavy atom. The van der Waals surface area contributed by atoms with Crippen molar-refractivity contribution in [3.05, 3.63) is 33.8 Å². The van der Waals surface area contributed by atoms with E-state index in [4.69, 9.17) is 28.0 Å². The van der Waals surface area contributed by atoms with Crippen LogP contribution in [0.5, 0.6) is 0 Å². The minimum absolute atomic E-state index is 0.353. The van der Waals surface area contributed by atoms with Gasteiger partial charge in [-0.2, -0.15) is 0 Å². The molecular formula is C16H20Cl2N2O. The van der Waals surface area contributed by atoms with Crippen molar-refractivity contribution in [1.82, 2.24) is 4.90 Å². The number of hydrogen-bond donors (Lipinski definition) is 0.